The summed E-state index contributed by atoms with van der Waals surface area (Å²) in [5.74, 6) is 0. The van der Waals surface area contributed by atoms with Crippen LogP contribution in [0.2, 0.25) is 0 Å². The van der Waals surface area contributed by atoms with Crippen LogP contribution in [0.1, 0.15) is 5.69 Å². The lowest BCUT2D eigenvalue weighted by molar-refractivity contribution is -0.384. The highest BCUT2D eigenvalue weighted by Gasteiger charge is 2.20. The van der Waals surface area contributed by atoms with E-state index in [-0.39, 0.29) is 10.6 Å². The van der Waals surface area contributed by atoms with Gasteiger partial charge in [0.1, 0.15) is 4.90 Å². The highest BCUT2D eigenvalue weighted by atomic mass is 32.2. The van der Waals surface area contributed by atoms with Crippen molar-refractivity contribution in [2.75, 3.05) is 4.72 Å². The van der Waals surface area contributed by atoms with Crippen molar-refractivity contribution in [2.45, 2.75) is 11.8 Å². The number of aryl methyl sites for hydroxylation is 1. The SMILES string of the molecule is Cc1c(S(=O)(=O)Nc2ccc(-c3ccccc3[N+](=O)[O-])cc2)cnn1C. The Morgan fingerprint density at radius 1 is 1.12 bits per heavy atom. The fourth-order valence-electron chi connectivity index (χ4n) is 2.55. The van der Waals surface area contributed by atoms with Crippen LogP contribution in [0.3, 0.4) is 0 Å². The molecule has 0 unspecified atom stereocenters. The summed E-state index contributed by atoms with van der Waals surface area (Å²) >= 11 is 0. The molecule has 1 aromatic heterocycles. The molecule has 0 fully saturated rings. The zero-order chi connectivity index (χ0) is 18.9. The molecule has 1 N–H and O–H groups in total. The van der Waals surface area contributed by atoms with E-state index in [1.54, 1.807) is 56.4 Å². The third kappa shape index (κ3) is 3.29. The van der Waals surface area contributed by atoms with Gasteiger partial charge < -0.3 is 0 Å². The van der Waals surface area contributed by atoms with Gasteiger partial charge in [-0.05, 0) is 30.7 Å². The van der Waals surface area contributed by atoms with Gasteiger partial charge in [0.2, 0.25) is 0 Å². The molecule has 0 aliphatic heterocycles. The normalized spacial score (nSPS) is 11.3. The number of nitro groups is 1. The number of nitro benzene ring substituents is 1. The Kier molecular flexibility index (Phi) is 4.47. The van der Waals surface area contributed by atoms with Crippen molar-refractivity contribution in [2.24, 2.45) is 7.05 Å². The van der Waals surface area contributed by atoms with Crippen molar-refractivity contribution in [3.63, 3.8) is 0 Å². The van der Waals surface area contributed by atoms with E-state index >= 15 is 0 Å². The first-order valence-electron chi connectivity index (χ1n) is 7.65. The molecule has 9 heteroatoms. The Hall–Kier alpha value is -3.20. The largest absolute Gasteiger partial charge is 0.280 e. The van der Waals surface area contributed by atoms with Crippen LogP contribution in [0.4, 0.5) is 11.4 Å². The Morgan fingerprint density at radius 3 is 2.35 bits per heavy atom. The van der Waals surface area contributed by atoms with Crippen molar-refractivity contribution in [1.82, 2.24) is 9.78 Å². The van der Waals surface area contributed by atoms with Crippen molar-refractivity contribution >= 4 is 21.4 Å². The van der Waals surface area contributed by atoms with E-state index in [9.17, 15) is 18.5 Å². The average molecular weight is 372 g/mol. The minimum atomic E-state index is -3.76. The monoisotopic (exact) mass is 372 g/mol. The van der Waals surface area contributed by atoms with E-state index in [0.717, 1.165) is 0 Å². The average Bonchev–Trinajstić information content (AvgIpc) is 2.95. The van der Waals surface area contributed by atoms with Gasteiger partial charge in [0.05, 0.1) is 22.4 Å². The maximum absolute atomic E-state index is 12.5. The molecule has 0 aliphatic carbocycles. The fraction of sp³-hybridized carbons (Fsp3) is 0.118. The quantitative estimate of drug-likeness (QED) is 0.547. The summed E-state index contributed by atoms with van der Waals surface area (Å²) in [6.45, 7) is 1.67. The first kappa shape index (κ1) is 17.6. The van der Waals surface area contributed by atoms with Gasteiger partial charge >= 0.3 is 0 Å². The smallest absolute Gasteiger partial charge is 0.277 e. The molecule has 0 radical (unpaired) electrons. The van der Waals surface area contributed by atoms with Crippen molar-refractivity contribution in [3.05, 3.63) is 70.5 Å². The first-order valence-corrected chi connectivity index (χ1v) is 9.13. The predicted octanol–water partition coefficient (Wildman–Crippen LogP) is 3.10. The molecule has 0 saturated carbocycles. The summed E-state index contributed by atoms with van der Waals surface area (Å²) < 4.78 is 28.9. The van der Waals surface area contributed by atoms with E-state index in [0.29, 0.717) is 22.5 Å². The summed E-state index contributed by atoms with van der Waals surface area (Å²) in [4.78, 5) is 10.8. The number of benzene rings is 2. The van der Waals surface area contributed by atoms with Gasteiger partial charge in [-0.25, -0.2) is 8.42 Å². The van der Waals surface area contributed by atoms with Crippen molar-refractivity contribution in [3.8, 4) is 11.1 Å². The lowest BCUT2D eigenvalue weighted by atomic mass is 10.0. The zero-order valence-corrected chi connectivity index (χ0v) is 14.9. The van der Waals surface area contributed by atoms with Crippen LogP contribution in [0.25, 0.3) is 11.1 Å². The van der Waals surface area contributed by atoms with E-state index in [4.69, 9.17) is 0 Å². The molecule has 1 heterocycles. The van der Waals surface area contributed by atoms with E-state index in [2.05, 4.69) is 9.82 Å². The molecule has 2 aromatic carbocycles. The van der Waals surface area contributed by atoms with E-state index in [1.165, 1.54) is 16.9 Å². The van der Waals surface area contributed by atoms with Crippen LogP contribution < -0.4 is 4.72 Å². The molecule has 3 aromatic rings. The van der Waals surface area contributed by atoms with Gasteiger partial charge in [-0.15, -0.1) is 0 Å². The Labute approximate surface area is 150 Å². The fourth-order valence-corrected chi connectivity index (χ4v) is 3.81. The Morgan fingerprint density at radius 2 is 1.77 bits per heavy atom. The molecule has 0 amide bonds. The lowest BCUT2D eigenvalue weighted by Gasteiger charge is -2.09. The summed E-state index contributed by atoms with van der Waals surface area (Å²) in [6, 6.07) is 12.8. The Balaban J connectivity index is 1.89. The summed E-state index contributed by atoms with van der Waals surface area (Å²) in [5, 5.41) is 15.1. The molecule has 3 rings (SSSR count). The number of anilines is 1. The lowest BCUT2D eigenvalue weighted by Crippen LogP contribution is -2.13. The van der Waals surface area contributed by atoms with E-state index < -0.39 is 14.9 Å². The minimum absolute atomic E-state index is 0.00758. The number of aromatic nitrogens is 2. The zero-order valence-electron chi connectivity index (χ0n) is 14.1. The molecule has 0 bridgehead atoms. The van der Waals surface area contributed by atoms with Gasteiger partial charge in [0.25, 0.3) is 15.7 Å². The number of hydrogen-bond donors (Lipinski definition) is 1. The van der Waals surface area contributed by atoms with Gasteiger partial charge in [-0.1, -0.05) is 24.3 Å². The number of nitrogens with zero attached hydrogens (tertiary/aromatic N) is 3. The molecule has 134 valence electrons. The van der Waals surface area contributed by atoms with Crippen molar-refractivity contribution in [1.29, 1.82) is 0 Å². The van der Waals surface area contributed by atoms with Gasteiger partial charge in [0, 0.05) is 18.8 Å². The van der Waals surface area contributed by atoms with Crippen molar-refractivity contribution < 1.29 is 13.3 Å². The topological polar surface area (TPSA) is 107 Å². The van der Waals surface area contributed by atoms with Crippen LogP contribution in [0.5, 0.6) is 0 Å². The second kappa shape index (κ2) is 6.60. The highest BCUT2D eigenvalue weighted by molar-refractivity contribution is 7.92. The first-order chi connectivity index (χ1) is 12.3. The second-order valence-corrected chi connectivity index (χ2v) is 7.33. The minimum Gasteiger partial charge on any atom is -0.280 e. The number of hydrogen-bond acceptors (Lipinski definition) is 5. The summed E-state index contributed by atoms with van der Waals surface area (Å²) in [5.41, 5.74) is 1.96. The maximum atomic E-state index is 12.5. The molecule has 8 nitrogen and oxygen atoms in total. The number of rotatable bonds is 5. The molecule has 0 aliphatic rings. The number of para-hydroxylation sites is 1. The second-order valence-electron chi connectivity index (χ2n) is 5.67. The van der Waals surface area contributed by atoms with Crippen LogP contribution in [-0.4, -0.2) is 23.1 Å². The van der Waals surface area contributed by atoms with Crippen LogP contribution in [0.15, 0.2) is 59.6 Å². The van der Waals surface area contributed by atoms with Crippen LogP contribution in [-0.2, 0) is 17.1 Å². The molecule has 0 atom stereocenters. The number of sulfonamides is 1. The third-order valence-electron chi connectivity index (χ3n) is 4.03. The molecular formula is C17H16N4O4S. The number of nitrogens with one attached hydrogen (secondary N) is 1. The standard InChI is InChI=1S/C17H16N4O4S/c1-12-17(11-18-20(12)2)26(24,25)19-14-9-7-13(8-10-14)15-5-3-4-6-16(15)21(22)23/h3-11,19H,1-2H3. The highest BCUT2D eigenvalue weighted by Crippen LogP contribution is 2.30. The molecule has 0 spiro atoms. The van der Waals surface area contributed by atoms with Gasteiger partial charge in [0.15, 0.2) is 0 Å². The van der Waals surface area contributed by atoms with Crippen LogP contribution in [0, 0.1) is 17.0 Å². The van der Waals surface area contributed by atoms with Gasteiger partial charge in [-0.3, -0.25) is 19.5 Å². The maximum Gasteiger partial charge on any atom is 0.277 e. The third-order valence-corrected chi connectivity index (χ3v) is 5.51. The van der Waals surface area contributed by atoms with E-state index in [1.807, 2.05) is 0 Å². The molecular weight excluding hydrogens is 356 g/mol. The predicted molar refractivity (Wildman–Crippen MR) is 97.3 cm³/mol. The Bertz CT molecular complexity index is 1070. The molecule has 0 saturated heterocycles. The summed E-state index contributed by atoms with van der Waals surface area (Å²) in [6.07, 6.45) is 1.29. The van der Waals surface area contributed by atoms with Crippen LogP contribution >= 0.6 is 0 Å². The summed E-state index contributed by atoms with van der Waals surface area (Å²) in [7, 11) is -2.10. The molecule has 26 heavy (non-hydrogen) atoms. The van der Waals surface area contributed by atoms with Gasteiger partial charge in [-0.2, -0.15) is 5.10 Å².